The van der Waals surface area contributed by atoms with Gasteiger partial charge in [-0.1, -0.05) is 54.6 Å². The van der Waals surface area contributed by atoms with Gasteiger partial charge in [0.15, 0.2) is 0 Å². The number of fused-ring (bicyclic) bond motifs is 1. The number of rotatable bonds is 9. The van der Waals surface area contributed by atoms with Gasteiger partial charge in [0.25, 0.3) is 0 Å². The van der Waals surface area contributed by atoms with Crippen LogP contribution in [0.1, 0.15) is 30.4 Å². The standard InChI is InChI=1S/C32H37N3O3S/c1-38-28-13-11-25(12-14-28)22-35-29-9-5-6-10-30(29)39-23-26(32(35)37)21-31(36)33-27-16-19-34(20-17-27)18-15-24-7-3-2-4-8-24/h2-14,26-27H,15-23H2,1H3,(H,33,36). The van der Waals surface area contributed by atoms with Crippen molar-refractivity contribution in [2.45, 2.75) is 43.2 Å². The molecule has 2 heterocycles. The van der Waals surface area contributed by atoms with E-state index in [4.69, 9.17) is 4.74 Å². The summed E-state index contributed by atoms with van der Waals surface area (Å²) in [4.78, 5) is 32.3. The first-order valence-corrected chi connectivity index (χ1v) is 14.8. The molecule has 39 heavy (non-hydrogen) atoms. The highest BCUT2D eigenvalue weighted by atomic mass is 32.2. The number of carbonyl (C=O) groups excluding carboxylic acids is 2. The van der Waals surface area contributed by atoms with Gasteiger partial charge in [0.2, 0.25) is 11.8 Å². The summed E-state index contributed by atoms with van der Waals surface area (Å²) in [5, 5.41) is 3.24. The molecule has 1 fully saturated rings. The molecular formula is C32H37N3O3S. The average molecular weight is 544 g/mol. The maximum absolute atomic E-state index is 13.8. The summed E-state index contributed by atoms with van der Waals surface area (Å²) in [6.07, 6.45) is 3.16. The Hall–Kier alpha value is -3.29. The van der Waals surface area contributed by atoms with E-state index >= 15 is 0 Å². The Bertz CT molecular complexity index is 1240. The molecule has 2 amide bonds. The zero-order valence-electron chi connectivity index (χ0n) is 22.6. The summed E-state index contributed by atoms with van der Waals surface area (Å²) < 4.78 is 5.28. The summed E-state index contributed by atoms with van der Waals surface area (Å²) >= 11 is 1.66. The lowest BCUT2D eigenvalue weighted by Gasteiger charge is -2.32. The molecule has 0 aromatic heterocycles. The number of amides is 2. The molecule has 1 saturated heterocycles. The molecule has 5 rings (SSSR count). The number of hydrogen-bond acceptors (Lipinski definition) is 5. The third-order valence-electron chi connectivity index (χ3n) is 7.66. The van der Waals surface area contributed by atoms with Gasteiger partial charge in [-0.2, -0.15) is 0 Å². The number of nitrogens with one attached hydrogen (secondary N) is 1. The van der Waals surface area contributed by atoms with Crippen LogP contribution < -0.4 is 15.0 Å². The Morgan fingerprint density at radius 2 is 1.67 bits per heavy atom. The number of methoxy groups -OCH3 is 1. The number of ether oxygens (including phenoxy) is 1. The Balaban J connectivity index is 1.16. The fourth-order valence-corrected chi connectivity index (χ4v) is 6.51. The molecule has 2 aliphatic rings. The Kier molecular flexibility index (Phi) is 9.22. The van der Waals surface area contributed by atoms with E-state index < -0.39 is 0 Å². The summed E-state index contributed by atoms with van der Waals surface area (Å²) in [6, 6.07) is 26.6. The second-order valence-corrected chi connectivity index (χ2v) is 11.4. The van der Waals surface area contributed by atoms with Gasteiger partial charge >= 0.3 is 0 Å². The van der Waals surface area contributed by atoms with Crippen molar-refractivity contribution in [2.75, 3.05) is 37.4 Å². The van der Waals surface area contributed by atoms with Crippen LogP contribution in [0.5, 0.6) is 5.75 Å². The number of thioether (sulfide) groups is 1. The number of likely N-dealkylation sites (tertiary alicyclic amines) is 1. The van der Waals surface area contributed by atoms with Crippen molar-refractivity contribution in [3.8, 4) is 5.75 Å². The minimum atomic E-state index is -0.369. The van der Waals surface area contributed by atoms with E-state index in [0.717, 1.165) is 60.8 Å². The van der Waals surface area contributed by atoms with Crippen molar-refractivity contribution in [2.24, 2.45) is 5.92 Å². The number of para-hydroxylation sites is 1. The highest BCUT2D eigenvalue weighted by Gasteiger charge is 2.33. The summed E-state index contributed by atoms with van der Waals surface area (Å²) in [5.74, 6) is 1.00. The number of anilines is 1. The van der Waals surface area contributed by atoms with Crippen LogP contribution in [0, 0.1) is 5.92 Å². The molecule has 2 aliphatic heterocycles. The second-order valence-electron chi connectivity index (χ2n) is 10.4. The zero-order chi connectivity index (χ0) is 27.0. The minimum absolute atomic E-state index is 0.00847. The maximum Gasteiger partial charge on any atom is 0.231 e. The number of hydrogen-bond donors (Lipinski definition) is 1. The summed E-state index contributed by atoms with van der Waals surface area (Å²) in [6.45, 7) is 3.48. The van der Waals surface area contributed by atoms with Gasteiger partial charge in [0, 0.05) is 42.7 Å². The molecule has 204 valence electrons. The molecular weight excluding hydrogens is 506 g/mol. The van der Waals surface area contributed by atoms with E-state index in [0.29, 0.717) is 12.3 Å². The van der Waals surface area contributed by atoms with E-state index in [1.165, 1.54) is 5.56 Å². The van der Waals surface area contributed by atoms with Gasteiger partial charge in [-0.3, -0.25) is 9.59 Å². The minimum Gasteiger partial charge on any atom is -0.497 e. The molecule has 3 aromatic carbocycles. The molecule has 1 N–H and O–H groups in total. The van der Waals surface area contributed by atoms with E-state index in [2.05, 4.69) is 46.6 Å². The van der Waals surface area contributed by atoms with Crippen LogP contribution in [0.3, 0.4) is 0 Å². The van der Waals surface area contributed by atoms with E-state index in [1.54, 1.807) is 18.9 Å². The van der Waals surface area contributed by atoms with Gasteiger partial charge in [-0.05, 0) is 54.7 Å². The molecule has 0 bridgehead atoms. The van der Waals surface area contributed by atoms with Gasteiger partial charge in [0.1, 0.15) is 5.75 Å². The average Bonchev–Trinajstić information content (AvgIpc) is 3.10. The molecule has 0 aliphatic carbocycles. The number of benzene rings is 3. The first kappa shape index (κ1) is 27.3. The maximum atomic E-state index is 13.8. The van der Waals surface area contributed by atoms with Crippen LogP contribution in [0.2, 0.25) is 0 Å². The summed E-state index contributed by atoms with van der Waals surface area (Å²) in [5.41, 5.74) is 3.30. The Morgan fingerprint density at radius 1 is 0.949 bits per heavy atom. The molecule has 6 nitrogen and oxygen atoms in total. The predicted octanol–water partition coefficient (Wildman–Crippen LogP) is 5.16. The van der Waals surface area contributed by atoms with Crippen LogP contribution in [0.25, 0.3) is 0 Å². The highest BCUT2D eigenvalue weighted by Crippen LogP contribution is 2.37. The quantitative estimate of drug-likeness (QED) is 0.404. The highest BCUT2D eigenvalue weighted by molar-refractivity contribution is 7.99. The lowest BCUT2D eigenvalue weighted by atomic mass is 10.0. The lowest BCUT2D eigenvalue weighted by Crippen LogP contribution is -2.46. The van der Waals surface area contributed by atoms with Crippen molar-refractivity contribution < 1.29 is 14.3 Å². The van der Waals surface area contributed by atoms with E-state index in [9.17, 15) is 9.59 Å². The molecule has 7 heteroatoms. The zero-order valence-corrected chi connectivity index (χ0v) is 23.4. The largest absolute Gasteiger partial charge is 0.497 e. The normalized spacial score (nSPS) is 18.3. The van der Waals surface area contributed by atoms with Crippen LogP contribution in [0.4, 0.5) is 5.69 Å². The SMILES string of the molecule is COc1ccc(CN2C(=O)C(CC(=O)NC3CCN(CCc4ccccc4)CC3)CSc3ccccc32)cc1. The third kappa shape index (κ3) is 7.22. The molecule has 1 unspecified atom stereocenters. The van der Waals surface area contributed by atoms with Crippen molar-refractivity contribution in [1.82, 2.24) is 10.2 Å². The summed E-state index contributed by atoms with van der Waals surface area (Å²) in [7, 11) is 1.64. The van der Waals surface area contributed by atoms with E-state index in [-0.39, 0.29) is 30.2 Å². The van der Waals surface area contributed by atoms with Gasteiger partial charge < -0.3 is 19.9 Å². The van der Waals surface area contributed by atoms with Crippen molar-refractivity contribution >= 4 is 29.3 Å². The van der Waals surface area contributed by atoms with Crippen LogP contribution in [-0.2, 0) is 22.6 Å². The second kappa shape index (κ2) is 13.2. The molecule has 1 atom stereocenters. The Labute approximate surface area is 235 Å². The Morgan fingerprint density at radius 3 is 2.41 bits per heavy atom. The van der Waals surface area contributed by atoms with Crippen LogP contribution in [-0.4, -0.2) is 55.3 Å². The van der Waals surface area contributed by atoms with Crippen molar-refractivity contribution in [3.63, 3.8) is 0 Å². The van der Waals surface area contributed by atoms with Crippen LogP contribution in [0.15, 0.2) is 83.8 Å². The lowest BCUT2D eigenvalue weighted by molar-refractivity contribution is -0.128. The topological polar surface area (TPSA) is 61.9 Å². The molecule has 0 radical (unpaired) electrons. The fourth-order valence-electron chi connectivity index (χ4n) is 5.37. The first-order chi connectivity index (χ1) is 19.1. The number of carbonyl (C=O) groups is 2. The van der Waals surface area contributed by atoms with Crippen molar-refractivity contribution in [3.05, 3.63) is 90.0 Å². The van der Waals surface area contributed by atoms with E-state index in [1.807, 2.05) is 47.4 Å². The van der Waals surface area contributed by atoms with Gasteiger partial charge in [-0.15, -0.1) is 11.8 Å². The molecule has 0 spiro atoms. The monoisotopic (exact) mass is 543 g/mol. The fraction of sp³-hybridized carbons (Fsp3) is 0.375. The van der Waals surface area contributed by atoms with Gasteiger partial charge in [0.05, 0.1) is 25.3 Å². The molecule has 0 saturated carbocycles. The smallest absolute Gasteiger partial charge is 0.231 e. The molecule has 3 aromatic rings. The third-order valence-corrected chi connectivity index (χ3v) is 8.88. The van der Waals surface area contributed by atoms with Crippen LogP contribution >= 0.6 is 11.8 Å². The predicted molar refractivity (Wildman–Crippen MR) is 157 cm³/mol. The van der Waals surface area contributed by atoms with Crippen molar-refractivity contribution in [1.29, 1.82) is 0 Å². The first-order valence-electron chi connectivity index (χ1n) is 13.8. The number of nitrogens with zero attached hydrogens (tertiary/aromatic N) is 2. The van der Waals surface area contributed by atoms with Gasteiger partial charge in [-0.25, -0.2) is 0 Å². The number of piperidine rings is 1.